The van der Waals surface area contributed by atoms with Gasteiger partial charge in [0.1, 0.15) is 5.65 Å². The minimum atomic E-state index is -0.0758. The number of nitrogens with one attached hydrogen (secondary N) is 2. The molecular formula is C25H36N4O3. The highest BCUT2D eigenvalue weighted by Crippen LogP contribution is 2.25. The average Bonchev–Trinajstić information content (AvgIpc) is 3.14. The zero-order chi connectivity index (χ0) is 22.7. The maximum absolute atomic E-state index is 12.9. The van der Waals surface area contributed by atoms with Gasteiger partial charge in [0.05, 0.1) is 17.8 Å². The van der Waals surface area contributed by atoms with Crippen LogP contribution in [0.25, 0.3) is 5.65 Å². The van der Waals surface area contributed by atoms with Crippen molar-refractivity contribution in [3.63, 3.8) is 0 Å². The molecule has 1 aliphatic heterocycles. The third-order valence-corrected chi connectivity index (χ3v) is 6.70. The summed E-state index contributed by atoms with van der Waals surface area (Å²) in [7, 11) is 0. The molecule has 1 saturated heterocycles. The highest BCUT2D eigenvalue weighted by atomic mass is 16.5. The molecule has 0 unspecified atom stereocenters. The number of pyridine rings is 1. The molecular weight excluding hydrogens is 404 g/mol. The van der Waals surface area contributed by atoms with Crippen LogP contribution in [-0.2, 0) is 16.0 Å². The number of aryl methyl sites for hydroxylation is 1. The highest BCUT2D eigenvalue weighted by Gasteiger charge is 2.23. The molecule has 2 N–H and O–H groups in total. The van der Waals surface area contributed by atoms with Crippen molar-refractivity contribution in [3.05, 3.63) is 34.8 Å². The van der Waals surface area contributed by atoms with Gasteiger partial charge in [-0.05, 0) is 50.7 Å². The van der Waals surface area contributed by atoms with E-state index in [0.717, 1.165) is 48.4 Å². The second-order valence-corrected chi connectivity index (χ2v) is 9.62. The summed E-state index contributed by atoms with van der Waals surface area (Å²) in [4.78, 5) is 30.6. The summed E-state index contributed by atoms with van der Waals surface area (Å²) in [6.07, 6.45) is 7.77. The smallest absolute Gasteiger partial charge is 0.251 e. The average molecular weight is 441 g/mol. The molecule has 2 amide bonds. The third-order valence-electron chi connectivity index (χ3n) is 6.70. The van der Waals surface area contributed by atoms with E-state index in [1.807, 2.05) is 23.5 Å². The molecule has 0 bridgehead atoms. The lowest BCUT2D eigenvalue weighted by Gasteiger charge is -2.23. The van der Waals surface area contributed by atoms with Crippen molar-refractivity contribution in [2.75, 3.05) is 13.2 Å². The molecule has 7 nitrogen and oxygen atoms in total. The molecule has 0 spiro atoms. The van der Waals surface area contributed by atoms with Gasteiger partial charge in [-0.15, -0.1) is 0 Å². The number of ether oxygens (including phenoxy) is 1. The van der Waals surface area contributed by atoms with Crippen molar-refractivity contribution in [2.24, 2.45) is 0 Å². The van der Waals surface area contributed by atoms with Crippen LogP contribution in [0.2, 0.25) is 0 Å². The molecule has 174 valence electrons. The first-order valence-corrected chi connectivity index (χ1v) is 12.1. The fraction of sp³-hybridized carbons (Fsp3) is 0.640. The number of amides is 2. The standard InChI is InChI=1S/C25H36N4O3/c1-16(2)24-21(15-23(30)26-19-7-5-4-6-8-19)29-17(3)13-18(14-22(29)28-24)25(31)27-20-9-11-32-12-10-20/h13-14,16,19-20H,4-12,15H2,1-3H3,(H,26,30)(H,27,31). The van der Waals surface area contributed by atoms with Gasteiger partial charge in [-0.1, -0.05) is 33.1 Å². The Kier molecular flexibility index (Phi) is 7.13. The van der Waals surface area contributed by atoms with Crippen LogP contribution < -0.4 is 10.6 Å². The van der Waals surface area contributed by atoms with E-state index in [1.165, 1.54) is 19.3 Å². The molecule has 1 aliphatic carbocycles. The zero-order valence-corrected chi connectivity index (χ0v) is 19.6. The Labute approximate surface area is 190 Å². The van der Waals surface area contributed by atoms with Gasteiger partial charge in [-0.2, -0.15) is 0 Å². The molecule has 3 heterocycles. The van der Waals surface area contributed by atoms with Gasteiger partial charge in [-0.25, -0.2) is 4.98 Å². The number of fused-ring (bicyclic) bond motifs is 1. The summed E-state index contributed by atoms with van der Waals surface area (Å²) >= 11 is 0. The Balaban J connectivity index is 1.57. The van der Waals surface area contributed by atoms with Crippen LogP contribution >= 0.6 is 0 Å². The highest BCUT2D eigenvalue weighted by molar-refractivity contribution is 5.95. The first-order chi connectivity index (χ1) is 15.4. The van der Waals surface area contributed by atoms with Gasteiger partial charge in [0.25, 0.3) is 5.91 Å². The summed E-state index contributed by atoms with van der Waals surface area (Å²) in [5.74, 6) is 0.167. The van der Waals surface area contributed by atoms with Crippen LogP contribution in [0.1, 0.15) is 92.2 Å². The van der Waals surface area contributed by atoms with E-state index in [4.69, 9.17) is 9.72 Å². The fourth-order valence-electron chi connectivity index (χ4n) is 5.00. The van der Waals surface area contributed by atoms with Gasteiger partial charge in [-0.3, -0.25) is 9.59 Å². The number of carbonyl (C=O) groups excluding carboxylic acids is 2. The topological polar surface area (TPSA) is 84.7 Å². The third kappa shape index (κ3) is 5.14. The molecule has 2 aliphatic rings. The number of hydrogen-bond acceptors (Lipinski definition) is 4. The van der Waals surface area contributed by atoms with E-state index in [1.54, 1.807) is 0 Å². The van der Waals surface area contributed by atoms with Gasteiger partial charge >= 0.3 is 0 Å². The molecule has 0 aromatic carbocycles. The first-order valence-electron chi connectivity index (χ1n) is 12.1. The summed E-state index contributed by atoms with van der Waals surface area (Å²) in [5.41, 5.74) is 4.11. The molecule has 1 saturated carbocycles. The Morgan fingerprint density at radius 2 is 1.75 bits per heavy atom. The summed E-state index contributed by atoms with van der Waals surface area (Å²) < 4.78 is 7.43. The molecule has 4 rings (SSSR count). The monoisotopic (exact) mass is 440 g/mol. The molecule has 2 aromatic rings. The van der Waals surface area contributed by atoms with Crippen molar-refractivity contribution in [3.8, 4) is 0 Å². The quantitative estimate of drug-likeness (QED) is 0.718. The second kappa shape index (κ2) is 10.0. The molecule has 2 fully saturated rings. The maximum atomic E-state index is 12.9. The van der Waals surface area contributed by atoms with Gasteiger partial charge in [0.2, 0.25) is 5.91 Å². The van der Waals surface area contributed by atoms with E-state index in [0.29, 0.717) is 31.2 Å². The molecule has 7 heteroatoms. The molecule has 0 atom stereocenters. The first kappa shape index (κ1) is 22.8. The molecule has 2 aromatic heterocycles. The number of rotatable bonds is 6. The summed E-state index contributed by atoms with van der Waals surface area (Å²) in [6, 6.07) is 4.18. The van der Waals surface area contributed by atoms with E-state index in [-0.39, 0.29) is 23.8 Å². The predicted octanol–water partition coefficient (Wildman–Crippen LogP) is 3.67. The SMILES string of the molecule is Cc1cc(C(=O)NC2CCOCC2)cc2nc(C(C)C)c(CC(=O)NC3CCCCC3)n12. The second-order valence-electron chi connectivity index (χ2n) is 9.62. The largest absolute Gasteiger partial charge is 0.381 e. The maximum Gasteiger partial charge on any atom is 0.251 e. The van der Waals surface area contributed by atoms with Crippen molar-refractivity contribution in [2.45, 2.75) is 90.1 Å². The van der Waals surface area contributed by atoms with Crippen molar-refractivity contribution < 1.29 is 14.3 Å². The van der Waals surface area contributed by atoms with Crippen LogP contribution in [0.3, 0.4) is 0 Å². The molecule has 32 heavy (non-hydrogen) atoms. The Hall–Kier alpha value is -2.41. The van der Waals surface area contributed by atoms with Crippen LogP contribution in [0, 0.1) is 6.92 Å². The number of carbonyl (C=O) groups is 2. The minimum absolute atomic E-state index is 0.0568. The van der Waals surface area contributed by atoms with Gasteiger partial charge in [0, 0.05) is 36.6 Å². The van der Waals surface area contributed by atoms with Crippen LogP contribution in [0.5, 0.6) is 0 Å². The number of hydrogen-bond donors (Lipinski definition) is 2. The fourth-order valence-corrected chi connectivity index (χ4v) is 5.00. The number of imidazole rings is 1. The van der Waals surface area contributed by atoms with E-state index < -0.39 is 0 Å². The van der Waals surface area contributed by atoms with Gasteiger partial charge in [0.15, 0.2) is 0 Å². The van der Waals surface area contributed by atoms with Crippen molar-refractivity contribution in [1.82, 2.24) is 20.0 Å². The van der Waals surface area contributed by atoms with Crippen LogP contribution in [0.4, 0.5) is 0 Å². The van der Waals surface area contributed by atoms with Crippen molar-refractivity contribution in [1.29, 1.82) is 0 Å². The lowest BCUT2D eigenvalue weighted by Crippen LogP contribution is -2.39. The predicted molar refractivity (Wildman–Crippen MR) is 124 cm³/mol. The lowest BCUT2D eigenvalue weighted by atomic mass is 9.95. The zero-order valence-electron chi connectivity index (χ0n) is 19.6. The Morgan fingerprint density at radius 1 is 1.06 bits per heavy atom. The Morgan fingerprint density at radius 3 is 2.44 bits per heavy atom. The Bertz CT molecular complexity index is 969. The minimum Gasteiger partial charge on any atom is -0.381 e. The summed E-state index contributed by atoms with van der Waals surface area (Å²) in [5, 5.41) is 6.36. The lowest BCUT2D eigenvalue weighted by molar-refractivity contribution is -0.121. The normalized spacial score (nSPS) is 18.2. The van der Waals surface area contributed by atoms with E-state index in [9.17, 15) is 9.59 Å². The van der Waals surface area contributed by atoms with Crippen LogP contribution in [0.15, 0.2) is 12.1 Å². The number of nitrogens with zero attached hydrogens (tertiary/aromatic N) is 2. The van der Waals surface area contributed by atoms with Gasteiger partial charge < -0.3 is 19.8 Å². The van der Waals surface area contributed by atoms with Crippen LogP contribution in [-0.4, -0.2) is 46.5 Å². The molecule has 0 radical (unpaired) electrons. The van der Waals surface area contributed by atoms with E-state index >= 15 is 0 Å². The van der Waals surface area contributed by atoms with Crippen molar-refractivity contribution >= 4 is 17.5 Å². The van der Waals surface area contributed by atoms with E-state index in [2.05, 4.69) is 24.5 Å². The summed E-state index contributed by atoms with van der Waals surface area (Å²) in [6.45, 7) is 7.55. The number of aromatic nitrogens is 2.